The van der Waals surface area contributed by atoms with Gasteiger partial charge in [-0.3, -0.25) is 4.79 Å². The first-order valence-corrected chi connectivity index (χ1v) is 6.45. The van der Waals surface area contributed by atoms with Crippen molar-refractivity contribution in [3.8, 4) is 5.75 Å². The third-order valence-corrected chi connectivity index (χ3v) is 3.33. The van der Waals surface area contributed by atoms with Crippen molar-refractivity contribution in [2.24, 2.45) is 0 Å². The summed E-state index contributed by atoms with van der Waals surface area (Å²) in [7, 11) is 0. The molecule has 0 aromatic heterocycles. The van der Waals surface area contributed by atoms with Crippen molar-refractivity contribution in [3.63, 3.8) is 0 Å². The fourth-order valence-corrected chi connectivity index (χ4v) is 2.30. The molecule has 0 bridgehead atoms. The Kier molecular flexibility index (Phi) is 3.14. The number of halogens is 1. The van der Waals surface area contributed by atoms with Gasteiger partial charge in [0.25, 0.3) is 0 Å². The quantitative estimate of drug-likeness (QED) is 0.636. The largest absolute Gasteiger partial charge is 0.424 e. The van der Waals surface area contributed by atoms with Crippen LogP contribution >= 0.6 is 0 Å². The molecule has 1 atom stereocenters. The molecule has 2 aromatic rings. The van der Waals surface area contributed by atoms with Crippen LogP contribution in [0.4, 0.5) is 10.1 Å². The van der Waals surface area contributed by atoms with Crippen molar-refractivity contribution in [1.82, 2.24) is 0 Å². The van der Waals surface area contributed by atoms with E-state index in [0.717, 1.165) is 16.8 Å². The second-order valence-electron chi connectivity index (χ2n) is 4.93. The van der Waals surface area contributed by atoms with E-state index in [4.69, 9.17) is 4.74 Å². The van der Waals surface area contributed by atoms with E-state index in [1.165, 1.54) is 12.1 Å². The molecule has 1 unspecified atom stereocenters. The van der Waals surface area contributed by atoms with Crippen LogP contribution < -0.4 is 10.1 Å². The summed E-state index contributed by atoms with van der Waals surface area (Å²) in [6, 6.07) is 11.6. The average Bonchev–Trinajstić information content (AvgIpc) is 2.57. The van der Waals surface area contributed by atoms with Crippen LogP contribution in [0.25, 0.3) is 0 Å². The van der Waals surface area contributed by atoms with E-state index in [2.05, 4.69) is 5.32 Å². The lowest BCUT2D eigenvalue weighted by Gasteiger charge is -2.16. The number of rotatable bonds is 1. The number of hydrogen-bond acceptors (Lipinski definition) is 3. The Bertz CT molecular complexity index is 652. The Balaban J connectivity index is 1.96. The summed E-state index contributed by atoms with van der Waals surface area (Å²) >= 11 is 0. The molecule has 1 heterocycles. The molecule has 0 spiro atoms. The third-order valence-electron chi connectivity index (χ3n) is 3.33. The second kappa shape index (κ2) is 4.96. The van der Waals surface area contributed by atoms with Gasteiger partial charge >= 0.3 is 5.97 Å². The molecule has 4 heteroatoms. The molecule has 20 heavy (non-hydrogen) atoms. The lowest BCUT2D eigenvalue weighted by atomic mass is 10.0. The number of nitrogens with one attached hydrogen (secondary N) is 1. The molecule has 1 aliphatic heterocycles. The van der Waals surface area contributed by atoms with Crippen molar-refractivity contribution in [3.05, 3.63) is 59.4 Å². The molecule has 1 aliphatic rings. The first kappa shape index (κ1) is 12.7. The molecule has 0 saturated heterocycles. The highest BCUT2D eigenvalue weighted by Gasteiger charge is 2.23. The minimum absolute atomic E-state index is 0.208. The number of anilines is 1. The molecule has 0 amide bonds. The van der Waals surface area contributed by atoms with E-state index in [0.29, 0.717) is 5.75 Å². The normalized spacial score (nSPS) is 17.7. The lowest BCUT2D eigenvalue weighted by Crippen LogP contribution is -2.14. The third kappa shape index (κ3) is 2.50. The van der Waals surface area contributed by atoms with Gasteiger partial charge < -0.3 is 10.1 Å². The molecule has 3 rings (SSSR count). The minimum Gasteiger partial charge on any atom is -0.424 e. The molecule has 0 radical (unpaired) electrons. The van der Waals surface area contributed by atoms with Crippen LogP contribution in [0, 0.1) is 12.7 Å². The maximum atomic E-state index is 13.0. The predicted octanol–water partition coefficient (Wildman–Crippen LogP) is 3.60. The molecule has 2 aromatic carbocycles. The summed E-state index contributed by atoms with van der Waals surface area (Å²) in [6.07, 6.45) is 0.208. The average molecular weight is 271 g/mol. The van der Waals surface area contributed by atoms with Crippen molar-refractivity contribution in [1.29, 1.82) is 0 Å². The molecular formula is C16H14FNO2. The Labute approximate surface area is 116 Å². The highest BCUT2D eigenvalue weighted by atomic mass is 19.1. The number of carbonyl (C=O) groups is 1. The Morgan fingerprint density at radius 2 is 1.95 bits per heavy atom. The summed E-state index contributed by atoms with van der Waals surface area (Å²) in [4.78, 5) is 11.9. The van der Waals surface area contributed by atoms with Gasteiger partial charge in [-0.2, -0.15) is 0 Å². The molecule has 3 nitrogen and oxygen atoms in total. The number of aryl methyl sites for hydroxylation is 1. The number of hydrogen-bond donors (Lipinski definition) is 1. The van der Waals surface area contributed by atoms with Crippen LogP contribution in [-0.2, 0) is 4.79 Å². The minimum atomic E-state index is -0.295. The summed E-state index contributed by atoms with van der Waals surface area (Å²) in [5.74, 6) is -0.0447. The van der Waals surface area contributed by atoms with Crippen molar-refractivity contribution < 1.29 is 13.9 Å². The van der Waals surface area contributed by atoms with Crippen molar-refractivity contribution in [2.75, 3.05) is 5.32 Å². The lowest BCUT2D eigenvalue weighted by molar-refractivity contribution is -0.134. The molecule has 102 valence electrons. The van der Waals surface area contributed by atoms with Gasteiger partial charge in [0.15, 0.2) is 5.75 Å². The van der Waals surface area contributed by atoms with Gasteiger partial charge in [-0.25, -0.2) is 4.39 Å². The van der Waals surface area contributed by atoms with Crippen molar-refractivity contribution in [2.45, 2.75) is 19.4 Å². The highest BCUT2D eigenvalue weighted by molar-refractivity contribution is 5.78. The van der Waals surface area contributed by atoms with Crippen molar-refractivity contribution >= 4 is 11.7 Å². The van der Waals surface area contributed by atoms with Gasteiger partial charge in [0, 0.05) is 0 Å². The zero-order chi connectivity index (χ0) is 14.1. The Hall–Kier alpha value is -2.36. The van der Waals surface area contributed by atoms with Crippen LogP contribution in [-0.4, -0.2) is 5.97 Å². The number of carbonyl (C=O) groups excluding carboxylic acids is 1. The first-order valence-electron chi connectivity index (χ1n) is 6.45. The number of ether oxygens (including phenoxy) is 1. The molecule has 0 saturated carbocycles. The van der Waals surface area contributed by atoms with Gasteiger partial charge in [0.1, 0.15) is 5.82 Å². The Morgan fingerprint density at radius 1 is 1.20 bits per heavy atom. The highest BCUT2D eigenvalue weighted by Crippen LogP contribution is 2.34. The zero-order valence-electron chi connectivity index (χ0n) is 11.0. The van der Waals surface area contributed by atoms with Crippen LogP contribution in [0.3, 0.4) is 0 Å². The summed E-state index contributed by atoms with van der Waals surface area (Å²) in [5, 5.41) is 3.28. The van der Waals surface area contributed by atoms with Gasteiger partial charge in [-0.1, -0.05) is 18.2 Å². The maximum absolute atomic E-state index is 13.0. The fraction of sp³-hybridized carbons (Fsp3) is 0.188. The summed E-state index contributed by atoms with van der Waals surface area (Å²) in [5.41, 5.74) is 2.66. The van der Waals surface area contributed by atoms with Crippen LogP contribution in [0.2, 0.25) is 0 Å². The number of esters is 1. The van der Waals surface area contributed by atoms with Gasteiger partial charge in [0.2, 0.25) is 0 Å². The van der Waals surface area contributed by atoms with Gasteiger partial charge in [0.05, 0.1) is 18.2 Å². The molecular weight excluding hydrogens is 257 g/mol. The van der Waals surface area contributed by atoms with E-state index in [1.807, 2.05) is 25.1 Å². The predicted molar refractivity (Wildman–Crippen MR) is 74.2 cm³/mol. The molecule has 0 fully saturated rings. The summed E-state index contributed by atoms with van der Waals surface area (Å²) in [6.45, 7) is 1.94. The standard InChI is InChI=1S/C16H14FNO2/c1-10-2-7-13-15(8-10)20-16(19)9-14(18-13)11-3-5-12(17)6-4-11/h2-8,14,18H,9H2,1H3. The van der Waals surface area contributed by atoms with E-state index in [9.17, 15) is 9.18 Å². The first-order chi connectivity index (χ1) is 9.61. The van der Waals surface area contributed by atoms with Crippen LogP contribution in [0.15, 0.2) is 42.5 Å². The topological polar surface area (TPSA) is 38.3 Å². The Morgan fingerprint density at radius 3 is 2.70 bits per heavy atom. The number of benzene rings is 2. The van der Waals surface area contributed by atoms with E-state index >= 15 is 0 Å². The van der Waals surface area contributed by atoms with Gasteiger partial charge in [-0.05, 0) is 42.3 Å². The van der Waals surface area contributed by atoms with Crippen LogP contribution in [0.1, 0.15) is 23.6 Å². The number of fused-ring (bicyclic) bond motifs is 1. The van der Waals surface area contributed by atoms with E-state index < -0.39 is 0 Å². The zero-order valence-corrected chi connectivity index (χ0v) is 11.0. The summed E-state index contributed by atoms with van der Waals surface area (Å²) < 4.78 is 18.3. The van der Waals surface area contributed by atoms with E-state index in [-0.39, 0.29) is 24.2 Å². The maximum Gasteiger partial charge on any atom is 0.313 e. The fourth-order valence-electron chi connectivity index (χ4n) is 2.30. The van der Waals surface area contributed by atoms with Gasteiger partial charge in [-0.15, -0.1) is 0 Å². The van der Waals surface area contributed by atoms with Crippen LogP contribution in [0.5, 0.6) is 5.75 Å². The van der Waals surface area contributed by atoms with E-state index in [1.54, 1.807) is 12.1 Å². The molecule has 1 N–H and O–H groups in total. The SMILES string of the molecule is Cc1ccc2c(c1)OC(=O)CC(c1ccc(F)cc1)N2. The monoisotopic (exact) mass is 271 g/mol. The molecule has 0 aliphatic carbocycles. The second-order valence-corrected chi connectivity index (χ2v) is 4.93. The smallest absolute Gasteiger partial charge is 0.313 e.